The highest BCUT2D eigenvalue weighted by Gasteiger charge is 2.31. The zero-order valence-corrected chi connectivity index (χ0v) is 48.0. The van der Waals surface area contributed by atoms with Gasteiger partial charge in [0.1, 0.15) is 35.6 Å². The molecule has 4 aliphatic rings. The number of hydrogen-bond acceptors (Lipinski definition) is 15. The Morgan fingerprint density at radius 3 is 1.42 bits per heavy atom. The van der Waals surface area contributed by atoms with Crippen LogP contribution in [0.5, 0.6) is 23.0 Å². The van der Waals surface area contributed by atoms with E-state index in [0.717, 1.165) is 63.0 Å². The number of anilines is 2. The number of piperidine rings is 4. The topological polar surface area (TPSA) is 305 Å². The van der Waals surface area contributed by atoms with Gasteiger partial charge in [-0.15, -0.1) is 0 Å². The number of aldehydes is 2. The summed E-state index contributed by atoms with van der Waals surface area (Å²) < 4.78 is 7.06. The highest BCUT2D eigenvalue weighted by molar-refractivity contribution is 14.1. The van der Waals surface area contributed by atoms with Crippen LogP contribution in [0.25, 0.3) is 0 Å². The number of para-hydroxylation sites is 2. The second-order valence-corrected chi connectivity index (χ2v) is 19.9. The quantitative estimate of drug-likeness (QED) is 0.0331. The summed E-state index contributed by atoms with van der Waals surface area (Å²) in [5.41, 5.74) is 1.80. The molecule has 21 heteroatoms. The summed E-state index contributed by atoms with van der Waals surface area (Å²) >= 11 is 2.28. The van der Waals surface area contributed by atoms with E-state index in [4.69, 9.17) is 25.2 Å². The van der Waals surface area contributed by atoms with Crippen molar-refractivity contribution in [2.75, 3.05) is 56.8 Å². The molecule has 0 spiro atoms. The van der Waals surface area contributed by atoms with Gasteiger partial charge >= 0.3 is 5.97 Å². The van der Waals surface area contributed by atoms with Crippen molar-refractivity contribution in [3.63, 3.8) is 0 Å². The third-order valence-corrected chi connectivity index (χ3v) is 13.3. The van der Waals surface area contributed by atoms with E-state index >= 15 is 0 Å². The van der Waals surface area contributed by atoms with Gasteiger partial charge in [0.05, 0.1) is 42.5 Å². The number of aromatic hydroxyl groups is 3. The molecule has 0 bridgehead atoms. The molecule has 81 heavy (non-hydrogen) atoms. The molecule has 4 atom stereocenters. The zero-order chi connectivity index (χ0) is 59.4. The van der Waals surface area contributed by atoms with Crippen molar-refractivity contribution in [2.24, 2.45) is 0 Å². The molecule has 0 aromatic heterocycles. The predicted molar refractivity (Wildman–Crippen MR) is 318 cm³/mol. The van der Waals surface area contributed by atoms with Crippen LogP contribution >= 0.6 is 22.6 Å². The lowest BCUT2D eigenvalue weighted by Crippen LogP contribution is -2.47. The van der Waals surface area contributed by atoms with E-state index in [1.165, 1.54) is 27.8 Å². The van der Waals surface area contributed by atoms with Gasteiger partial charge < -0.3 is 66.4 Å². The standard InChI is InChI=1S/C19H19NO4.C12H15NO2.C7H6O3.C6H5I.C6H9NO3.C6H11NO2.C4H12N2/c21-12-16-17(22)9-5-10-18(16)24-13-15-8-4-11-19(23)20(15)14-6-2-1-3-7-14;14-9-11-7-4-8-12(15)13(11)10-5-2-1-3-6-10;8-4-5-6(9)2-1-3-7(5)10;7-6-4-2-1-3-5-6;8-5-3-1-2-4(7-5)6(9)10;8-4-5-2-1-3-6(9)7-5;1-5-3-4-6-2/h1-3,5-7,9-10,12,15,22H,4,8,11,13H2;1-3,5-6,11,14H,4,7-9H2;1-4,9-10H;1-5H;4H,1-3H2,(H,7,8)(H,9,10);5,8H,1-4H2,(H,7,9);5-6H,3-4H2,1-2H3/t15-;11-;;;4-;5-;/m00..00./s1. The summed E-state index contributed by atoms with van der Waals surface area (Å²) in [6.45, 7) is 2.49. The maximum Gasteiger partial charge on any atom is 0.326 e. The highest BCUT2D eigenvalue weighted by atomic mass is 127. The molecule has 20 nitrogen and oxygen atoms in total. The number of nitrogens with one attached hydrogen (secondary N) is 4. The summed E-state index contributed by atoms with van der Waals surface area (Å²) in [5.74, 6) is -1.01. The Morgan fingerprint density at radius 2 is 1.02 bits per heavy atom. The number of carboxylic acid groups (broad SMARTS) is 1. The zero-order valence-electron chi connectivity index (χ0n) is 45.8. The molecule has 10 N–H and O–H groups in total. The van der Waals surface area contributed by atoms with Crippen LogP contribution in [0.1, 0.15) is 97.8 Å². The molecule has 0 saturated carbocycles. The van der Waals surface area contributed by atoms with Gasteiger partial charge in [-0.3, -0.25) is 28.8 Å². The number of rotatable bonds is 13. The Morgan fingerprint density at radius 1 is 0.580 bits per heavy atom. The van der Waals surface area contributed by atoms with E-state index in [9.17, 15) is 43.8 Å². The van der Waals surface area contributed by atoms with Crippen molar-refractivity contribution in [3.05, 3.63) is 142 Å². The predicted octanol–water partition coefficient (Wildman–Crippen LogP) is 6.75. The van der Waals surface area contributed by atoms with Crippen molar-refractivity contribution in [2.45, 2.75) is 101 Å². The van der Waals surface area contributed by atoms with Gasteiger partial charge in [0.2, 0.25) is 23.6 Å². The number of aliphatic hydroxyl groups excluding tert-OH is 2. The van der Waals surface area contributed by atoms with Crippen LogP contribution in [0.2, 0.25) is 0 Å². The molecule has 0 radical (unpaired) electrons. The number of ether oxygens (including phenoxy) is 1. The second kappa shape index (κ2) is 39.0. The molecule has 5 aromatic carbocycles. The molecule has 4 saturated heterocycles. The molecular weight excluding hydrogens is 1160 g/mol. The molecule has 438 valence electrons. The summed E-state index contributed by atoms with van der Waals surface area (Å²) in [6.07, 6.45) is 9.67. The minimum Gasteiger partial charge on any atom is -0.507 e. The van der Waals surface area contributed by atoms with Gasteiger partial charge in [0.25, 0.3) is 0 Å². The highest BCUT2D eigenvalue weighted by Crippen LogP contribution is 2.30. The van der Waals surface area contributed by atoms with Gasteiger partial charge in [-0.05, 0) is 149 Å². The lowest BCUT2D eigenvalue weighted by Gasteiger charge is -2.35. The van der Waals surface area contributed by atoms with E-state index in [0.29, 0.717) is 56.8 Å². The van der Waals surface area contributed by atoms with Crippen LogP contribution in [0.4, 0.5) is 11.4 Å². The van der Waals surface area contributed by atoms with Gasteiger partial charge in [0, 0.05) is 53.7 Å². The maximum absolute atomic E-state index is 12.4. The number of carbonyl (C=O) groups excluding carboxylic acids is 6. The molecule has 0 aliphatic carbocycles. The fourth-order valence-corrected chi connectivity index (χ4v) is 8.81. The summed E-state index contributed by atoms with van der Waals surface area (Å²) in [5, 5.41) is 64.9. The smallest absolute Gasteiger partial charge is 0.326 e. The van der Waals surface area contributed by atoms with Gasteiger partial charge in [-0.1, -0.05) is 66.7 Å². The van der Waals surface area contributed by atoms with Crippen molar-refractivity contribution >= 4 is 76.1 Å². The van der Waals surface area contributed by atoms with Crippen LogP contribution in [0, 0.1) is 3.57 Å². The number of aliphatic hydroxyl groups is 2. The number of nitrogens with zero attached hydrogens (tertiary/aromatic N) is 2. The number of hydrogen-bond donors (Lipinski definition) is 10. The number of carboxylic acids is 1. The summed E-state index contributed by atoms with van der Waals surface area (Å²) in [7, 11) is 3.88. The second-order valence-electron chi connectivity index (χ2n) is 18.6. The molecule has 9 rings (SSSR count). The first kappa shape index (κ1) is 67.8. The Hall–Kier alpha value is -7.44. The Labute approximate surface area is 487 Å². The largest absolute Gasteiger partial charge is 0.507 e. The van der Waals surface area contributed by atoms with Crippen LogP contribution in [0.3, 0.4) is 0 Å². The van der Waals surface area contributed by atoms with Crippen LogP contribution in [-0.4, -0.2) is 144 Å². The fraction of sp³-hybridized carbons (Fsp3) is 0.383. The number of halogens is 1. The van der Waals surface area contributed by atoms with E-state index in [1.807, 2.05) is 93.0 Å². The molecule has 4 heterocycles. The van der Waals surface area contributed by atoms with Crippen LogP contribution in [-0.2, 0) is 24.0 Å². The number of phenolic OH excluding ortho intramolecular Hbond substituents is 3. The van der Waals surface area contributed by atoms with E-state index in [1.54, 1.807) is 21.9 Å². The number of likely N-dealkylation sites (N-methyl/N-ethyl adjacent to an activating group) is 2. The number of amides is 4. The van der Waals surface area contributed by atoms with E-state index in [-0.39, 0.29) is 90.0 Å². The lowest BCUT2D eigenvalue weighted by molar-refractivity contribution is -0.143. The number of carbonyl (C=O) groups is 7. The fourth-order valence-electron chi connectivity index (χ4n) is 8.40. The molecular formula is C60H77IN6O14. The Balaban J connectivity index is 0.000000263. The van der Waals surface area contributed by atoms with Gasteiger partial charge in [-0.25, -0.2) is 4.79 Å². The van der Waals surface area contributed by atoms with Crippen molar-refractivity contribution in [1.29, 1.82) is 0 Å². The lowest BCUT2D eigenvalue weighted by atomic mass is 10.0. The van der Waals surface area contributed by atoms with Crippen molar-refractivity contribution < 1.29 is 68.9 Å². The monoisotopic (exact) mass is 1230 g/mol. The first-order valence-electron chi connectivity index (χ1n) is 26.8. The molecule has 5 aromatic rings. The van der Waals surface area contributed by atoms with Gasteiger partial charge in [0.15, 0.2) is 12.6 Å². The van der Waals surface area contributed by atoms with Crippen molar-refractivity contribution in [1.82, 2.24) is 21.3 Å². The number of phenols is 3. The van der Waals surface area contributed by atoms with Crippen molar-refractivity contribution in [3.8, 4) is 23.0 Å². The number of benzene rings is 5. The minimum atomic E-state index is -0.937. The van der Waals surface area contributed by atoms with E-state index < -0.39 is 12.0 Å². The van der Waals surface area contributed by atoms with Crippen LogP contribution < -0.4 is 35.8 Å². The normalized spacial score (nSPS) is 18.0. The van der Waals surface area contributed by atoms with E-state index in [2.05, 4.69) is 56.0 Å². The molecule has 4 aliphatic heterocycles. The summed E-state index contributed by atoms with van der Waals surface area (Å²) in [6, 6.07) is 37.3. The Kier molecular flexibility index (Phi) is 32.7. The average Bonchev–Trinajstić information content (AvgIpc) is 3.48. The third kappa shape index (κ3) is 24.9. The minimum absolute atomic E-state index is 0.0197. The average molecular weight is 1230 g/mol. The first-order valence-corrected chi connectivity index (χ1v) is 27.8. The summed E-state index contributed by atoms with van der Waals surface area (Å²) in [4.78, 5) is 80.4. The first-order chi connectivity index (χ1) is 39.1. The number of aliphatic carboxylic acids is 1. The SMILES string of the molecule is CNCCNC.Ic1ccccc1.O=C1CCC[C@@H](C(=O)O)N1.O=C1CCC[C@@H](CO)N1.O=C1CCC[C@@H](CO)N1c1ccccc1.O=Cc1c(O)cccc1O.O=Cc1c(O)cccc1OC[C@@H]1CCCC(=O)N1c1ccccc1. The molecule has 4 fully saturated rings. The molecule has 0 unspecified atom stereocenters. The Bertz CT molecular complexity index is 2650. The third-order valence-electron chi connectivity index (χ3n) is 12.6. The maximum atomic E-state index is 12.4. The van der Waals surface area contributed by atoms with Crippen LogP contribution in [0.15, 0.2) is 127 Å². The molecule has 4 amide bonds. The van der Waals surface area contributed by atoms with Gasteiger partial charge in [-0.2, -0.15) is 0 Å².